The molecule has 0 bridgehead atoms. The number of nitrogens with one attached hydrogen (secondary N) is 2. The minimum atomic E-state index is -0.0106. The zero-order chi connectivity index (χ0) is 38.7. The molecule has 0 aliphatic rings. The number of esters is 2. The molecule has 0 radical (unpaired) electrons. The minimum Gasteiger partial charge on any atom is -0.466 e. The number of hydrogen-bond donors (Lipinski definition) is 2. The molecule has 0 atom stereocenters. The van der Waals surface area contributed by atoms with Gasteiger partial charge in [0, 0.05) is 19.4 Å². The molecule has 0 aromatic rings. The highest BCUT2D eigenvalue weighted by molar-refractivity contribution is 5.69. The predicted molar refractivity (Wildman–Crippen MR) is 228 cm³/mol. The Balaban J connectivity index is 4.16. The van der Waals surface area contributed by atoms with Gasteiger partial charge in [0.1, 0.15) is 6.10 Å². The van der Waals surface area contributed by atoms with Gasteiger partial charge in [0.15, 0.2) is 0 Å². The molecule has 0 heterocycles. The summed E-state index contributed by atoms with van der Waals surface area (Å²) in [7, 11) is 1.93. The van der Waals surface area contributed by atoms with E-state index in [1.807, 2.05) is 7.05 Å². The maximum absolute atomic E-state index is 12.8. The summed E-state index contributed by atoms with van der Waals surface area (Å²) >= 11 is 0. The van der Waals surface area contributed by atoms with E-state index in [0.717, 1.165) is 77.5 Å². The van der Waals surface area contributed by atoms with E-state index in [2.05, 4.69) is 36.5 Å². The second-order valence-electron chi connectivity index (χ2n) is 16.0. The first-order valence-corrected chi connectivity index (χ1v) is 23.5. The van der Waals surface area contributed by atoms with E-state index < -0.39 is 0 Å². The van der Waals surface area contributed by atoms with Crippen molar-refractivity contribution >= 4 is 11.9 Å². The minimum absolute atomic E-state index is 0.0106. The van der Waals surface area contributed by atoms with Crippen molar-refractivity contribution in [1.82, 2.24) is 15.8 Å². The lowest BCUT2D eigenvalue weighted by Crippen LogP contribution is -2.33. The third-order valence-corrected chi connectivity index (χ3v) is 10.7. The highest BCUT2D eigenvalue weighted by atomic mass is 16.5. The molecule has 0 aliphatic carbocycles. The van der Waals surface area contributed by atoms with Gasteiger partial charge in [0.2, 0.25) is 0 Å². The summed E-state index contributed by atoms with van der Waals surface area (Å²) in [4.78, 5) is 27.5. The number of carbonyl (C=O) groups excluding carboxylic acids is 2. The summed E-state index contributed by atoms with van der Waals surface area (Å²) in [5.41, 5.74) is 6.26. The normalized spacial score (nSPS) is 11.6. The lowest BCUT2D eigenvalue weighted by atomic mass is 10.0. The number of hydrazine groups is 1. The molecule has 0 aromatic carbocycles. The number of ether oxygens (including phenoxy) is 2. The van der Waals surface area contributed by atoms with Crippen LogP contribution in [0.4, 0.5) is 0 Å². The van der Waals surface area contributed by atoms with E-state index in [1.54, 1.807) is 0 Å². The Kier molecular flexibility index (Phi) is 42.6. The monoisotopic (exact) mass is 752 g/mol. The maximum atomic E-state index is 12.8. The quantitative estimate of drug-likeness (QED) is 0.0364. The Morgan fingerprint density at radius 3 is 1.36 bits per heavy atom. The van der Waals surface area contributed by atoms with Crippen LogP contribution in [0.25, 0.3) is 0 Å². The van der Waals surface area contributed by atoms with E-state index >= 15 is 0 Å². The SMILES string of the molecule is CCCCCCCCCOC(=O)CCCCCCCN(CCCCCCCC(=O)OC(CCCCCCCC)CCCCCCCC)CCCNNC. The van der Waals surface area contributed by atoms with Crippen LogP contribution in [0.1, 0.15) is 239 Å². The molecule has 0 saturated heterocycles. The van der Waals surface area contributed by atoms with E-state index in [-0.39, 0.29) is 18.0 Å². The molecule has 0 amide bonds. The Morgan fingerprint density at radius 1 is 0.472 bits per heavy atom. The van der Waals surface area contributed by atoms with E-state index in [1.165, 1.54) is 154 Å². The summed E-state index contributed by atoms with van der Waals surface area (Å²) in [6.45, 7) is 11.8. The van der Waals surface area contributed by atoms with E-state index in [4.69, 9.17) is 9.47 Å². The predicted octanol–water partition coefficient (Wildman–Crippen LogP) is 12.8. The first kappa shape index (κ1) is 51.8. The number of nitrogens with zero attached hydrogens (tertiary/aromatic N) is 1. The number of carbonyl (C=O) groups is 2. The third-order valence-electron chi connectivity index (χ3n) is 10.7. The van der Waals surface area contributed by atoms with Gasteiger partial charge >= 0.3 is 11.9 Å². The van der Waals surface area contributed by atoms with Gasteiger partial charge in [-0.2, -0.15) is 0 Å². The molecular weight excluding hydrogens is 659 g/mol. The highest BCUT2D eigenvalue weighted by Gasteiger charge is 2.14. The third kappa shape index (κ3) is 40.3. The zero-order valence-corrected chi connectivity index (χ0v) is 36.2. The zero-order valence-electron chi connectivity index (χ0n) is 36.2. The number of hydrogen-bond acceptors (Lipinski definition) is 7. The molecule has 0 spiro atoms. The van der Waals surface area contributed by atoms with Gasteiger partial charge in [-0.15, -0.1) is 0 Å². The second-order valence-corrected chi connectivity index (χ2v) is 16.0. The van der Waals surface area contributed by atoms with Crippen LogP contribution >= 0.6 is 0 Å². The van der Waals surface area contributed by atoms with Crippen LogP contribution in [0.3, 0.4) is 0 Å². The van der Waals surface area contributed by atoms with Gasteiger partial charge in [-0.05, 0) is 90.9 Å². The first-order chi connectivity index (χ1) is 26.1. The van der Waals surface area contributed by atoms with Crippen LogP contribution in [0.5, 0.6) is 0 Å². The molecule has 0 fully saturated rings. The Morgan fingerprint density at radius 2 is 0.868 bits per heavy atom. The van der Waals surface area contributed by atoms with Gasteiger partial charge in [-0.3, -0.25) is 20.4 Å². The topological polar surface area (TPSA) is 79.9 Å². The molecule has 316 valence electrons. The number of rotatable bonds is 44. The van der Waals surface area contributed by atoms with Crippen molar-refractivity contribution in [3.63, 3.8) is 0 Å². The summed E-state index contributed by atoms with van der Waals surface area (Å²) in [6, 6.07) is 0. The van der Waals surface area contributed by atoms with Gasteiger partial charge < -0.3 is 14.4 Å². The Bertz CT molecular complexity index is 736. The molecule has 0 aliphatic heterocycles. The van der Waals surface area contributed by atoms with Crippen LogP contribution < -0.4 is 10.9 Å². The fourth-order valence-electron chi connectivity index (χ4n) is 7.25. The fourth-order valence-corrected chi connectivity index (χ4v) is 7.25. The van der Waals surface area contributed by atoms with Gasteiger partial charge in [0.05, 0.1) is 6.61 Å². The molecule has 0 rings (SSSR count). The molecule has 0 unspecified atom stereocenters. The molecule has 0 aromatic heterocycles. The average molecular weight is 752 g/mol. The van der Waals surface area contributed by atoms with Crippen molar-refractivity contribution in [3.05, 3.63) is 0 Å². The van der Waals surface area contributed by atoms with Crippen LogP contribution in [-0.2, 0) is 19.1 Å². The van der Waals surface area contributed by atoms with Crippen molar-refractivity contribution in [1.29, 1.82) is 0 Å². The molecule has 2 N–H and O–H groups in total. The molecule has 0 saturated carbocycles. The van der Waals surface area contributed by atoms with Crippen molar-refractivity contribution in [2.75, 3.05) is 39.8 Å². The molecular formula is C46H93N3O4. The lowest BCUT2D eigenvalue weighted by Gasteiger charge is -2.22. The van der Waals surface area contributed by atoms with Crippen LogP contribution in [-0.4, -0.2) is 62.8 Å². The van der Waals surface area contributed by atoms with Gasteiger partial charge in [-0.1, -0.05) is 162 Å². The summed E-state index contributed by atoms with van der Waals surface area (Å²) in [5.74, 6) is 0.0237. The first-order valence-electron chi connectivity index (χ1n) is 23.5. The standard InChI is InChI=1S/C46H93N3O4/c1-5-8-11-14-17-26-33-43-52-45(50)37-29-22-18-24-31-40-49(42-34-39-48-47-4)41-32-25-19-23-30-38-46(51)53-44(35-27-20-15-12-9-6-2)36-28-21-16-13-10-7-3/h44,47-48H,5-43H2,1-4H3. The van der Waals surface area contributed by atoms with Crippen LogP contribution in [0, 0.1) is 0 Å². The fraction of sp³-hybridized carbons (Fsp3) is 0.957. The smallest absolute Gasteiger partial charge is 0.306 e. The summed E-state index contributed by atoms with van der Waals surface area (Å²) in [5, 5.41) is 0. The van der Waals surface area contributed by atoms with E-state index in [9.17, 15) is 9.59 Å². The number of unbranched alkanes of at least 4 members (excludes halogenated alkanes) is 24. The second kappa shape index (κ2) is 43.5. The Hall–Kier alpha value is -1.18. The largest absolute Gasteiger partial charge is 0.466 e. The molecule has 53 heavy (non-hydrogen) atoms. The lowest BCUT2D eigenvalue weighted by molar-refractivity contribution is -0.150. The summed E-state index contributed by atoms with van der Waals surface area (Å²) < 4.78 is 11.5. The van der Waals surface area contributed by atoms with Crippen LogP contribution in [0.15, 0.2) is 0 Å². The average Bonchev–Trinajstić information content (AvgIpc) is 3.15. The van der Waals surface area contributed by atoms with Crippen molar-refractivity contribution in [3.8, 4) is 0 Å². The molecule has 7 nitrogen and oxygen atoms in total. The Labute approximate surface area is 331 Å². The van der Waals surface area contributed by atoms with Crippen LogP contribution in [0.2, 0.25) is 0 Å². The van der Waals surface area contributed by atoms with E-state index in [0.29, 0.717) is 19.4 Å². The highest BCUT2D eigenvalue weighted by Crippen LogP contribution is 2.18. The van der Waals surface area contributed by atoms with Crippen molar-refractivity contribution in [2.24, 2.45) is 0 Å². The van der Waals surface area contributed by atoms with Crippen molar-refractivity contribution in [2.45, 2.75) is 245 Å². The summed E-state index contributed by atoms with van der Waals surface area (Å²) in [6.07, 6.45) is 40.2. The van der Waals surface area contributed by atoms with Crippen molar-refractivity contribution < 1.29 is 19.1 Å². The van der Waals surface area contributed by atoms with Gasteiger partial charge in [-0.25, -0.2) is 0 Å². The maximum Gasteiger partial charge on any atom is 0.306 e. The van der Waals surface area contributed by atoms with Gasteiger partial charge in [0.25, 0.3) is 0 Å². The molecule has 7 heteroatoms.